The summed E-state index contributed by atoms with van der Waals surface area (Å²) in [5.74, 6) is -1.34. The average molecular weight is 293 g/mol. The minimum atomic E-state index is -3.88. The van der Waals surface area contributed by atoms with Gasteiger partial charge in [0.15, 0.2) is 5.79 Å². The first-order chi connectivity index (χ1) is 8.69. The highest BCUT2D eigenvalue weighted by Gasteiger charge is 2.82. The molecule has 1 saturated heterocycles. The smallest absolute Gasteiger partial charge is 0.241 e. The quantitative estimate of drug-likeness (QED) is 0.569. The van der Waals surface area contributed by atoms with Gasteiger partial charge in [0.05, 0.1) is 5.75 Å². The van der Waals surface area contributed by atoms with Gasteiger partial charge in [0.25, 0.3) is 0 Å². The Balaban J connectivity index is 2.25. The SMILES string of the molecule is COC1(OC)[C@H]2CC[C@]3(CS(=O)(=O)N(F)[C@H]13)C2(C)C. The van der Waals surface area contributed by atoms with Crippen molar-refractivity contribution in [2.75, 3.05) is 20.0 Å². The molecule has 1 spiro atoms. The molecule has 0 amide bonds. The molecular weight excluding hydrogens is 273 g/mol. The molecule has 2 bridgehead atoms. The molecule has 0 N–H and O–H groups in total. The number of hydrogen-bond donors (Lipinski definition) is 0. The molecule has 2 saturated carbocycles. The predicted octanol–water partition coefficient (Wildman–Crippen LogP) is 1.31. The number of hydrogen-bond acceptors (Lipinski definition) is 4. The molecule has 7 heteroatoms. The molecule has 0 aromatic rings. The molecule has 110 valence electrons. The monoisotopic (exact) mass is 293 g/mol. The number of methoxy groups -OCH3 is 2. The Morgan fingerprint density at radius 2 is 1.84 bits per heavy atom. The van der Waals surface area contributed by atoms with Gasteiger partial charge in [0, 0.05) is 25.6 Å². The Hall–Kier alpha value is -0.240. The van der Waals surface area contributed by atoms with Crippen LogP contribution in [0.4, 0.5) is 4.48 Å². The lowest BCUT2D eigenvalue weighted by Gasteiger charge is -2.42. The largest absolute Gasteiger partial charge is 0.351 e. The van der Waals surface area contributed by atoms with E-state index in [0.29, 0.717) is 6.42 Å². The molecule has 5 nitrogen and oxygen atoms in total. The highest BCUT2D eigenvalue weighted by Crippen LogP contribution is 2.74. The summed E-state index contributed by atoms with van der Waals surface area (Å²) >= 11 is 0. The Morgan fingerprint density at radius 1 is 1.26 bits per heavy atom. The van der Waals surface area contributed by atoms with Crippen molar-refractivity contribution in [3.8, 4) is 0 Å². The molecule has 3 rings (SSSR count). The van der Waals surface area contributed by atoms with Gasteiger partial charge in [-0.25, -0.2) is 8.42 Å². The van der Waals surface area contributed by atoms with Gasteiger partial charge >= 0.3 is 0 Å². The van der Waals surface area contributed by atoms with Gasteiger partial charge in [-0.3, -0.25) is 0 Å². The van der Waals surface area contributed by atoms with Gasteiger partial charge in [-0.05, 0) is 22.8 Å². The lowest BCUT2D eigenvalue weighted by Crippen LogP contribution is -2.56. The van der Waals surface area contributed by atoms with E-state index in [1.807, 2.05) is 13.8 Å². The molecule has 0 radical (unpaired) electrons. The predicted molar refractivity (Wildman–Crippen MR) is 66.2 cm³/mol. The molecular formula is C12H20FNO4S. The highest BCUT2D eigenvalue weighted by atomic mass is 32.2. The minimum absolute atomic E-state index is 0.000903. The summed E-state index contributed by atoms with van der Waals surface area (Å²) in [7, 11) is -0.954. The Bertz CT molecular complexity index is 516. The average Bonchev–Trinajstić information content (AvgIpc) is 2.77. The van der Waals surface area contributed by atoms with E-state index in [-0.39, 0.29) is 21.6 Å². The maximum absolute atomic E-state index is 14.4. The van der Waals surface area contributed by atoms with Crippen LogP contribution in [0, 0.1) is 16.7 Å². The van der Waals surface area contributed by atoms with E-state index in [0.717, 1.165) is 6.42 Å². The van der Waals surface area contributed by atoms with Crippen LogP contribution in [0.5, 0.6) is 0 Å². The highest BCUT2D eigenvalue weighted by molar-refractivity contribution is 7.89. The fourth-order valence-corrected chi connectivity index (χ4v) is 7.13. The molecule has 0 unspecified atom stereocenters. The van der Waals surface area contributed by atoms with Crippen LogP contribution >= 0.6 is 0 Å². The van der Waals surface area contributed by atoms with Gasteiger partial charge in [-0.2, -0.15) is 0 Å². The van der Waals surface area contributed by atoms with Gasteiger partial charge in [-0.15, -0.1) is 4.48 Å². The summed E-state index contributed by atoms with van der Waals surface area (Å²) in [5.41, 5.74) is -0.963. The molecule has 3 aliphatic rings. The first kappa shape index (κ1) is 13.7. The third-order valence-electron chi connectivity index (χ3n) is 5.97. The molecule has 2 aliphatic carbocycles. The van der Waals surface area contributed by atoms with Crippen LogP contribution in [0.15, 0.2) is 0 Å². The van der Waals surface area contributed by atoms with E-state index in [1.165, 1.54) is 14.2 Å². The van der Waals surface area contributed by atoms with Crippen molar-refractivity contribution in [3.63, 3.8) is 0 Å². The molecule has 0 aromatic heterocycles. The van der Waals surface area contributed by atoms with Crippen molar-refractivity contribution in [1.29, 1.82) is 0 Å². The standard InChI is InChI=1S/C12H20FNO4S/c1-10(2)8-5-6-11(10)7-19(15,16)14(13)9(11)12(8,17-3)18-4/h8-9H,5-7H2,1-4H3/t8-,9-,11+/m0/s1. The summed E-state index contributed by atoms with van der Waals surface area (Å²) in [6.45, 7) is 4.01. The molecule has 3 atom stereocenters. The van der Waals surface area contributed by atoms with Crippen molar-refractivity contribution in [2.45, 2.75) is 38.5 Å². The van der Waals surface area contributed by atoms with Crippen LogP contribution in [-0.4, -0.2) is 44.7 Å². The second-order valence-corrected chi connectivity index (χ2v) is 8.30. The summed E-state index contributed by atoms with van der Waals surface area (Å²) in [6, 6.07) is -0.881. The topological polar surface area (TPSA) is 55.8 Å². The van der Waals surface area contributed by atoms with Crippen molar-refractivity contribution >= 4 is 10.0 Å². The van der Waals surface area contributed by atoms with E-state index in [9.17, 15) is 12.9 Å². The van der Waals surface area contributed by atoms with Gasteiger partial charge < -0.3 is 9.47 Å². The van der Waals surface area contributed by atoms with E-state index in [2.05, 4.69) is 0 Å². The second kappa shape index (κ2) is 3.50. The molecule has 3 fully saturated rings. The number of sulfonamides is 1. The van der Waals surface area contributed by atoms with Crippen LogP contribution in [0.1, 0.15) is 26.7 Å². The number of rotatable bonds is 2. The maximum Gasteiger partial charge on any atom is 0.241 e. The molecule has 19 heavy (non-hydrogen) atoms. The summed E-state index contributed by atoms with van der Waals surface area (Å²) < 4.78 is 49.5. The Kier molecular flexibility index (Phi) is 2.53. The van der Waals surface area contributed by atoms with Crippen LogP contribution in [0.2, 0.25) is 0 Å². The molecule has 1 heterocycles. The van der Waals surface area contributed by atoms with Crippen LogP contribution < -0.4 is 0 Å². The number of fused-ring (bicyclic) bond motifs is 1. The third-order valence-corrected chi connectivity index (χ3v) is 7.59. The molecule has 1 aliphatic heterocycles. The van der Waals surface area contributed by atoms with E-state index in [1.54, 1.807) is 0 Å². The summed E-state index contributed by atoms with van der Waals surface area (Å²) in [5, 5.41) is 0. The first-order valence-corrected chi connectivity index (χ1v) is 8.09. The number of nitrogens with zero attached hydrogens (tertiary/aromatic N) is 1. The zero-order chi connectivity index (χ0) is 14.3. The van der Waals surface area contributed by atoms with Crippen LogP contribution in [0.25, 0.3) is 0 Å². The fraction of sp³-hybridized carbons (Fsp3) is 1.00. The van der Waals surface area contributed by atoms with E-state index < -0.39 is 27.3 Å². The van der Waals surface area contributed by atoms with Crippen molar-refractivity contribution in [2.24, 2.45) is 16.7 Å². The fourth-order valence-electron chi connectivity index (χ4n) is 5.01. The lowest BCUT2D eigenvalue weighted by atomic mass is 9.69. The van der Waals surface area contributed by atoms with Crippen LogP contribution in [0.3, 0.4) is 0 Å². The minimum Gasteiger partial charge on any atom is -0.351 e. The summed E-state index contributed by atoms with van der Waals surface area (Å²) in [6.07, 6.45) is 1.50. The van der Waals surface area contributed by atoms with Gasteiger partial charge in [-0.1, -0.05) is 13.8 Å². The zero-order valence-electron chi connectivity index (χ0n) is 11.6. The van der Waals surface area contributed by atoms with Gasteiger partial charge in [0.1, 0.15) is 6.04 Å². The maximum atomic E-state index is 14.4. The molecule has 0 aromatic carbocycles. The second-order valence-electron chi connectivity index (χ2n) is 6.50. The Morgan fingerprint density at radius 3 is 2.37 bits per heavy atom. The van der Waals surface area contributed by atoms with Crippen molar-refractivity contribution in [1.82, 2.24) is 4.53 Å². The normalized spacial score (nSPS) is 45.5. The van der Waals surface area contributed by atoms with Crippen molar-refractivity contribution < 1.29 is 22.4 Å². The number of ether oxygens (including phenoxy) is 2. The van der Waals surface area contributed by atoms with E-state index in [4.69, 9.17) is 9.47 Å². The number of halogens is 1. The van der Waals surface area contributed by atoms with Gasteiger partial charge in [0.2, 0.25) is 10.0 Å². The Labute approximate surface area is 113 Å². The van der Waals surface area contributed by atoms with Crippen molar-refractivity contribution in [3.05, 3.63) is 0 Å². The zero-order valence-corrected chi connectivity index (χ0v) is 12.5. The summed E-state index contributed by atoms with van der Waals surface area (Å²) in [4.78, 5) is 0. The lowest BCUT2D eigenvalue weighted by molar-refractivity contribution is -0.276. The van der Waals surface area contributed by atoms with E-state index >= 15 is 0 Å². The third kappa shape index (κ3) is 1.19. The van der Waals surface area contributed by atoms with Crippen LogP contribution in [-0.2, 0) is 19.5 Å². The first-order valence-electron chi connectivity index (χ1n) is 6.48.